The maximum absolute atomic E-state index is 3.15. The van der Waals surface area contributed by atoms with Gasteiger partial charge in [-0.2, -0.15) is 0 Å². The van der Waals surface area contributed by atoms with Crippen molar-refractivity contribution in [1.82, 2.24) is 10.2 Å². The summed E-state index contributed by atoms with van der Waals surface area (Å²) >= 11 is 0. The molecule has 0 aromatic rings. The molecule has 0 fully saturated rings. The van der Waals surface area contributed by atoms with Gasteiger partial charge in [-0.25, -0.2) is 0 Å². The van der Waals surface area contributed by atoms with E-state index in [4.69, 9.17) is 0 Å². The standard InChI is InChI=1S/C8H20N2.C2H6/c1-5-10(4)8(2)6-7-9-3;1-2/h8-9H,5-7H2,1-4H3;1-2H3. The van der Waals surface area contributed by atoms with Gasteiger partial charge in [0.05, 0.1) is 0 Å². The van der Waals surface area contributed by atoms with Crippen molar-refractivity contribution in [3.8, 4) is 0 Å². The maximum atomic E-state index is 3.15. The zero-order valence-corrected chi connectivity index (χ0v) is 9.65. The summed E-state index contributed by atoms with van der Waals surface area (Å²) in [6.45, 7) is 10.7. The lowest BCUT2D eigenvalue weighted by Gasteiger charge is -2.22. The van der Waals surface area contributed by atoms with Crippen LogP contribution < -0.4 is 5.32 Å². The Bertz CT molecular complexity index is 74.2. The maximum Gasteiger partial charge on any atom is 0.00758 e. The first-order chi connectivity index (χ1) is 5.72. The summed E-state index contributed by atoms with van der Waals surface area (Å²) in [5.41, 5.74) is 0. The molecule has 0 bridgehead atoms. The number of nitrogens with one attached hydrogen (secondary N) is 1. The highest BCUT2D eigenvalue weighted by Crippen LogP contribution is 1.97. The molecular formula is C10H26N2. The van der Waals surface area contributed by atoms with Gasteiger partial charge in [0.15, 0.2) is 0 Å². The van der Waals surface area contributed by atoms with Crippen LogP contribution in [0.3, 0.4) is 0 Å². The summed E-state index contributed by atoms with van der Waals surface area (Å²) in [6.07, 6.45) is 1.24. The summed E-state index contributed by atoms with van der Waals surface area (Å²) in [5.74, 6) is 0. The van der Waals surface area contributed by atoms with Crippen molar-refractivity contribution in [2.75, 3.05) is 27.2 Å². The lowest BCUT2D eigenvalue weighted by Crippen LogP contribution is -2.31. The Kier molecular flexibility index (Phi) is 13.1. The zero-order valence-electron chi connectivity index (χ0n) is 9.65. The fourth-order valence-electron chi connectivity index (χ4n) is 0.885. The van der Waals surface area contributed by atoms with Crippen LogP contribution in [-0.2, 0) is 0 Å². The third kappa shape index (κ3) is 8.02. The average Bonchev–Trinajstić information content (AvgIpc) is 2.16. The van der Waals surface area contributed by atoms with E-state index in [9.17, 15) is 0 Å². The fraction of sp³-hybridized carbons (Fsp3) is 1.00. The van der Waals surface area contributed by atoms with Gasteiger partial charge in [-0.1, -0.05) is 20.8 Å². The van der Waals surface area contributed by atoms with Crippen molar-refractivity contribution in [1.29, 1.82) is 0 Å². The predicted molar refractivity (Wildman–Crippen MR) is 57.7 cm³/mol. The number of nitrogens with zero attached hydrogens (tertiary/aromatic N) is 1. The summed E-state index contributed by atoms with van der Waals surface area (Å²) in [5, 5.41) is 3.15. The molecule has 0 radical (unpaired) electrons. The predicted octanol–water partition coefficient (Wildman–Crippen LogP) is 1.96. The first-order valence-electron chi connectivity index (χ1n) is 5.07. The largest absolute Gasteiger partial charge is 0.320 e. The lowest BCUT2D eigenvalue weighted by atomic mass is 10.2. The van der Waals surface area contributed by atoms with E-state index in [0.717, 1.165) is 13.1 Å². The minimum atomic E-state index is 0.706. The van der Waals surface area contributed by atoms with Crippen molar-refractivity contribution in [3.63, 3.8) is 0 Å². The van der Waals surface area contributed by atoms with Crippen molar-refractivity contribution in [3.05, 3.63) is 0 Å². The Balaban J connectivity index is 0. The molecule has 0 aromatic heterocycles. The molecule has 0 heterocycles. The zero-order chi connectivity index (χ0) is 9.98. The van der Waals surface area contributed by atoms with E-state index in [2.05, 4.69) is 31.1 Å². The molecule has 12 heavy (non-hydrogen) atoms. The van der Waals surface area contributed by atoms with Crippen LogP contribution in [0.4, 0.5) is 0 Å². The molecule has 0 saturated heterocycles. The van der Waals surface area contributed by atoms with Gasteiger partial charge >= 0.3 is 0 Å². The van der Waals surface area contributed by atoms with Gasteiger partial charge in [0.2, 0.25) is 0 Å². The number of hydrogen-bond acceptors (Lipinski definition) is 2. The first kappa shape index (κ1) is 14.4. The van der Waals surface area contributed by atoms with Crippen molar-refractivity contribution in [2.45, 2.75) is 40.2 Å². The summed E-state index contributed by atoms with van der Waals surface area (Å²) < 4.78 is 0. The Morgan fingerprint density at radius 1 is 1.33 bits per heavy atom. The average molecular weight is 174 g/mol. The molecule has 2 nitrogen and oxygen atoms in total. The Hall–Kier alpha value is -0.0800. The molecule has 0 aliphatic carbocycles. The second kappa shape index (κ2) is 10.9. The van der Waals surface area contributed by atoms with Gasteiger partial charge in [-0.15, -0.1) is 0 Å². The van der Waals surface area contributed by atoms with Gasteiger partial charge in [-0.3, -0.25) is 0 Å². The second-order valence-electron chi connectivity index (χ2n) is 2.81. The van der Waals surface area contributed by atoms with Crippen LogP contribution >= 0.6 is 0 Å². The number of rotatable bonds is 5. The van der Waals surface area contributed by atoms with Gasteiger partial charge in [0.25, 0.3) is 0 Å². The van der Waals surface area contributed by atoms with E-state index < -0.39 is 0 Å². The smallest absolute Gasteiger partial charge is 0.00758 e. The summed E-state index contributed by atoms with van der Waals surface area (Å²) in [4.78, 5) is 2.36. The SMILES string of the molecule is CC.CCN(C)C(C)CCNC. The van der Waals surface area contributed by atoms with E-state index in [-0.39, 0.29) is 0 Å². The summed E-state index contributed by atoms with van der Waals surface area (Å²) in [6, 6.07) is 0.706. The Morgan fingerprint density at radius 3 is 2.17 bits per heavy atom. The van der Waals surface area contributed by atoms with E-state index in [1.54, 1.807) is 0 Å². The monoisotopic (exact) mass is 174 g/mol. The highest BCUT2D eigenvalue weighted by molar-refractivity contribution is 4.61. The molecule has 0 amide bonds. The number of hydrogen-bond donors (Lipinski definition) is 1. The van der Waals surface area contributed by atoms with Crippen molar-refractivity contribution < 1.29 is 0 Å². The minimum absolute atomic E-state index is 0.706. The molecule has 0 rings (SSSR count). The van der Waals surface area contributed by atoms with Crippen molar-refractivity contribution >= 4 is 0 Å². The molecule has 0 saturated carbocycles. The Morgan fingerprint density at radius 2 is 1.83 bits per heavy atom. The lowest BCUT2D eigenvalue weighted by molar-refractivity contribution is 0.258. The van der Waals surface area contributed by atoms with Gasteiger partial charge in [-0.05, 0) is 40.5 Å². The van der Waals surface area contributed by atoms with Gasteiger partial charge < -0.3 is 10.2 Å². The van der Waals surface area contributed by atoms with Crippen LogP contribution in [0.2, 0.25) is 0 Å². The molecular weight excluding hydrogens is 148 g/mol. The van der Waals surface area contributed by atoms with Crippen LogP contribution in [0.1, 0.15) is 34.1 Å². The van der Waals surface area contributed by atoms with E-state index in [1.807, 2.05) is 20.9 Å². The molecule has 76 valence electrons. The van der Waals surface area contributed by atoms with E-state index >= 15 is 0 Å². The normalized spacial score (nSPS) is 12.2. The van der Waals surface area contributed by atoms with Gasteiger partial charge in [0, 0.05) is 6.04 Å². The van der Waals surface area contributed by atoms with Crippen LogP contribution in [0.5, 0.6) is 0 Å². The van der Waals surface area contributed by atoms with Crippen LogP contribution in [0, 0.1) is 0 Å². The van der Waals surface area contributed by atoms with E-state index in [1.165, 1.54) is 6.42 Å². The third-order valence-electron chi connectivity index (χ3n) is 2.06. The van der Waals surface area contributed by atoms with E-state index in [0.29, 0.717) is 6.04 Å². The minimum Gasteiger partial charge on any atom is -0.320 e. The highest BCUT2D eigenvalue weighted by Gasteiger charge is 2.04. The molecule has 1 unspecified atom stereocenters. The highest BCUT2D eigenvalue weighted by atomic mass is 15.1. The first-order valence-corrected chi connectivity index (χ1v) is 5.07. The third-order valence-corrected chi connectivity index (χ3v) is 2.06. The van der Waals surface area contributed by atoms with Crippen LogP contribution in [0.15, 0.2) is 0 Å². The molecule has 0 aromatic carbocycles. The second-order valence-corrected chi connectivity index (χ2v) is 2.81. The van der Waals surface area contributed by atoms with Gasteiger partial charge in [0.1, 0.15) is 0 Å². The molecule has 1 atom stereocenters. The fourth-order valence-corrected chi connectivity index (χ4v) is 0.885. The molecule has 2 heteroatoms. The quantitative estimate of drug-likeness (QED) is 0.685. The molecule has 0 aliphatic heterocycles. The van der Waals surface area contributed by atoms with Crippen LogP contribution in [0.25, 0.3) is 0 Å². The van der Waals surface area contributed by atoms with Crippen molar-refractivity contribution in [2.24, 2.45) is 0 Å². The summed E-state index contributed by atoms with van der Waals surface area (Å²) in [7, 11) is 4.17. The Labute approximate surface area is 78.3 Å². The van der Waals surface area contributed by atoms with Crippen LogP contribution in [-0.4, -0.2) is 38.1 Å². The molecule has 0 spiro atoms. The molecule has 0 aliphatic rings. The topological polar surface area (TPSA) is 15.3 Å². The molecule has 1 N–H and O–H groups in total.